The molecule has 0 aliphatic rings. The highest BCUT2D eigenvalue weighted by Gasteiger charge is 2.12. The lowest BCUT2D eigenvalue weighted by Gasteiger charge is -2.10. The van der Waals surface area contributed by atoms with Crippen LogP contribution in [0.3, 0.4) is 0 Å². The molecule has 0 saturated carbocycles. The van der Waals surface area contributed by atoms with Gasteiger partial charge < -0.3 is 5.32 Å². The van der Waals surface area contributed by atoms with Gasteiger partial charge in [-0.2, -0.15) is 0 Å². The van der Waals surface area contributed by atoms with Crippen molar-refractivity contribution in [2.24, 2.45) is 0 Å². The summed E-state index contributed by atoms with van der Waals surface area (Å²) in [7, 11) is 0. The molecule has 0 radical (unpaired) electrons. The summed E-state index contributed by atoms with van der Waals surface area (Å²) in [5.41, 5.74) is 3.00. The smallest absolute Gasteiger partial charge is 0.282 e. The van der Waals surface area contributed by atoms with Gasteiger partial charge in [0.2, 0.25) is 0 Å². The Labute approximate surface area is 132 Å². The summed E-state index contributed by atoms with van der Waals surface area (Å²) >= 11 is 5.49. The van der Waals surface area contributed by atoms with Crippen molar-refractivity contribution < 1.29 is 4.92 Å². The molecule has 0 unspecified atom stereocenters. The minimum absolute atomic E-state index is 0.120. The van der Waals surface area contributed by atoms with Gasteiger partial charge in [-0.25, -0.2) is 0 Å². The van der Waals surface area contributed by atoms with E-state index in [0.29, 0.717) is 3.57 Å². The van der Waals surface area contributed by atoms with Crippen LogP contribution in [0.2, 0.25) is 0 Å². The highest BCUT2D eigenvalue weighted by Crippen LogP contribution is 2.31. The van der Waals surface area contributed by atoms with Gasteiger partial charge in [-0.3, -0.25) is 10.1 Å². The van der Waals surface area contributed by atoms with E-state index in [-0.39, 0.29) is 10.6 Å². The molecule has 0 spiro atoms. The minimum atomic E-state index is -0.381. The van der Waals surface area contributed by atoms with E-state index in [1.165, 1.54) is 6.07 Å². The Hall–Kier alpha value is -1.15. The maximum Gasteiger partial charge on any atom is 0.282 e. The molecule has 0 amide bonds. The van der Waals surface area contributed by atoms with Crippen LogP contribution in [0.1, 0.15) is 5.56 Å². The van der Waals surface area contributed by atoms with Crippen LogP contribution < -0.4 is 5.32 Å². The van der Waals surface area contributed by atoms with E-state index < -0.39 is 0 Å². The van der Waals surface area contributed by atoms with E-state index in [4.69, 9.17) is 0 Å². The van der Waals surface area contributed by atoms with Crippen LogP contribution in [0.5, 0.6) is 0 Å². The predicted molar refractivity (Wildman–Crippen MR) is 88.0 cm³/mol. The van der Waals surface area contributed by atoms with Gasteiger partial charge in [0.25, 0.3) is 5.69 Å². The zero-order chi connectivity index (χ0) is 14.0. The van der Waals surface area contributed by atoms with Crippen molar-refractivity contribution in [2.75, 3.05) is 5.32 Å². The molecule has 98 valence electrons. The standard InChI is InChI=1S/C13H10BrIN2O2/c1-8-3-2-4-11(13(8)14)16-9-5-6-12(17(18)19)10(15)7-9/h2-7,16H,1H3. The van der Waals surface area contributed by atoms with E-state index in [2.05, 4.69) is 21.2 Å². The second-order valence-electron chi connectivity index (χ2n) is 3.98. The number of anilines is 2. The molecule has 0 fully saturated rings. The second kappa shape index (κ2) is 5.87. The van der Waals surface area contributed by atoms with Crippen LogP contribution in [-0.4, -0.2) is 4.92 Å². The Morgan fingerprint density at radius 2 is 2.05 bits per heavy atom. The molecule has 0 aliphatic carbocycles. The monoisotopic (exact) mass is 432 g/mol. The Bertz CT molecular complexity index is 647. The lowest BCUT2D eigenvalue weighted by Crippen LogP contribution is -1.96. The molecular formula is C13H10BrIN2O2. The van der Waals surface area contributed by atoms with Crippen molar-refractivity contribution >= 4 is 55.6 Å². The van der Waals surface area contributed by atoms with Gasteiger partial charge in [-0.05, 0) is 69.2 Å². The summed E-state index contributed by atoms with van der Waals surface area (Å²) in [6.45, 7) is 2.01. The van der Waals surface area contributed by atoms with Gasteiger partial charge in [0, 0.05) is 16.2 Å². The molecule has 2 rings (SSSR count). The molecule has 0 aliphatic heterocycles. The number of hydrogen-bond donors (Lipinski definition) is 1. The number of hydrogen-bond acceptors (Lipinski definition) is 3. The Morgan fingerprint density at radius 1 is 1.32 bits per heavy atom. The molecule has 1 N–H and O–H groups in total. The van der Waals surface area contributed by atoms with E-state index in [0.717, 1.165) is 21.4 Å². The topological polar surface area (TPSA) is 55.2 Å². The van der Waals surface area contributed by atoms with Crippen molar-refractivity contribution in [1.82, 2.24) is 0 Å². The number of benzene rings is 2. The molecule has 0 atom stereocenters. The first kappa shape index (κ1) is 14.3. The Kier molecular flexibility index (Phi) is 4.41. The molecule has 2 aromatic rings. The highest BCUT2D eigenvalue weighted by molar-refractivity contribution is 14.1. The van der Waals surface area contributed by atoms with Crippen LogP contribution in [0.25, 0.3) is 0 Å². The number of nitro groups is 1. The van der Waals surface area contributed by atoms with Gasteiger partial charge in [0.1, 0.15) is 0 Å². The largest absolute Gasteiger partial charge is 0.355 e. The van der Waals surface area contributed by atoms with E-state index in [1.54, 1.807) is 12.1 Å². The van der Waals surface area contributed by atoms with E-state index in [9.17, 15) is 10.1 Å². The number of rotatable bonds is 3. The van der Waals surface area contributed by atoms with Crippen molar-refractivity contribution in [3.63, 3.8) is 0 Å². The summed E-state index contributed by atoms with van der Waals surface area (Å²) in [6.07, 6.45) is 0. The number of nitrogens with zero attached hydrogens (tertiary/aromatic N) is 1. The number of halogens is 2. The van der Waals surface area contributed by atoms with Crippen LogP contribution in [0.15, 0.2) is 40.9 Å². The normalized spacial score (nSPS) is 10.3. The third kappa shape index (κ3) is 3.24. The molecular weight excluding hydrogens is 423 g/mol. The lowest BCUT2D eigenvalue weighted by molar-refractivity contribution is -0.385. The van der Waals surface area contributed by atoms with Crippen molar-refractivity contribution in [1.29, 1.82) is 0 Å². The van der Waals surface area contributed by atoms with Gasteiger partial charge in [-0.1, -0.05) is 12.1 Å². The van der Waals surface area contributed by atoms with Crippen LogP contribution in [0.4, 0.5) is 17.1 Å². The number of nitrogens with one attached hydrogen (secondary N) is 1. The van der Waals surface area contributed by atoms with E-state index in [1.807, 2.05) is 47.7 Å². The van der Waals surface area contributed by atoms with Crippen LogP contribution in [0, 0.1) is 20.6 Å². The summed E-state index contributed by atoms with van der Waals surface area (Å²) in [5.74, 6) is 0. The molecule has 19 heavy (non-hydrogen) atoms. The zero-order valence-electron chi connectivity index (χ0n) is 9.98. The van der Waals surface area contributed by atoms with Crippen LogP contribution in [-0.2, 0) is 0 Å². The molecule has 6 heteroatoms. The van der Waals surface area contributed by atoms with Gasteiger partial charge in [-0.15, -0.1) is 0 Å². The average Bonchev–Trinajstić information content (AvgIpc) is 2.34. The highest BCUT2D eigenvalue weighted by atomic mass is 127. The van der Waals surface area contributed by atoms with Gasteiger partial charge in [0.15, 0.2) is 0 Å². The summed E-state index contributed by atoms with van der Waals surface area (Å²) in [5, 5.41) is 14.0. The third-order valence-corrected chi connectivity index (χ3v) is 4.53. The predicted octanol–water partition coefficient (Wildman–Crippen LogP) is 5.01. The molecule has 0 aromatic heterocycles. The average molecular weight is 433 g/mol. The summed E-state index contributed by atoms with van der Waals surface area (Å²) in [4.78, 5) is 10.4. The summed E-state index contributed by atoms with van der Waals surface area (Å²) in [6, 6.07) is 10.9. The van der Waals surface area contributed by atoms with Crippen molar-refractivity contribution in [3.05, 3.63) is 60.1 Å². The fourth-order valence-corrected chi connectivity index (χ4v) is 2.71. The molecule has 0 bridgehead atoms. The molecule has 0 saturated heterocycles. The first-order chi connectivity index (χ1) is 8.99. The maximum atomic E-state index is 10.8. The fraction of sp³-hybridized carbons (Fsp3) is 0.0769. The Morgan fingerprint density at radius 3 is 2.68 bits per heavy atom. The quantitative estimate of drug-likeness (QED) is 0.421. The minimum Gasteiger partial charge on any atom is -0.355 e. The number of nitro benzene ring substituents is 1. The number of aryl methyl sites for hydroxylation is 1. The third-order valence-electron chi connectivity index (χ3n) is 2.62. The molecule has 2 aromatic carbocycles. The molecule has 4 nitrogen and oxygen atoms in total. The first-order valence-corrected chi connectivity index (χ1v) is 7.32. The SMILES string of the molecule is Cc1cccc(Nc2ccc([N+](=O)[O-])c(I)c2)c1Br. The first-order valence-electron chi connectivity index (χ1n) is 5.45. The lowest BCUT2D eigenvalue weighted by atomic mass is 10.2. The second-order valence-corrected chi connectivity index (χ2v) is 5.94. The maximum absolute atomic E-state index is 10.8. The van der Waals surface area contributed by atoms with Gasteiger partial charge in [0.05, 0.1) is 14.2 Å². The van der Waals surface area contributed by atoms with E-state index >= 15 is 0 Å². The van der Waals surface area contributed by atoms with Gasteiger partial charge >= 0.3 is 0 Å². The summed E-state index contributed by atoms with van der Waals surface area (Å²) < 4.78 is 1.60. The molecule has 0 heterocycles. The van der Waals surface area contributed by atoms with Crippen molar-refractivity contribution in [2.45, 2.75) is 6.92 Å². The fourth-order valence-electron chi connectivity index (χ4n) is 1.63. The Balaban J connectivity index is 2.32. The zero-order valence-corrected chi connectivity index (χ0v) is 13.7. The van der Waals surface area contributed by atoms with Crippen LogP contribution >= 0.6 is 38.5 Å². The van der Waals surface area contributed by atoms with Crippen molar-refractivity contribution in [3.8, 4) is 0 Å².